The van der Waals surface area contributed by atoms with Crippen LogP contribution in [0.25, 0.3) is 33.0 Å². The van der Waals surface area contributed by atoms with Gasteiger partial charge in [-0.15, -0.1) is 0 Å². The molecule has 1 aliphatic heterocycles. The van der Waals surface area contributed by atoms with E-state index >= 15 is 0 Å². The van der Waals surface area contributed by atoms with Gasteiger partial charge in [0.25, 0.3) is 0 Å². The van der Waals surface area contributed by atoms with Crippen LogP contribution in [0.15, 0.2) is 161 Å². The van der Waals surface area contributed by atoms with Gasteiger partial charge in [-0.3, -0.25) is 0 Å². The van der Waals surface area contributed by atoms with Crippen molar-refractivity contribution in [2.45, 2.75) is 92.3 Å². The molecule has 1 heterocycles. The fourth-order valence-corrected chi connectivity index (χ4v) is 15.7. The zero-order valence-corrected chi connectivity index (χ0v) is 36.2. The molecule has 0 radical (unpaired) electrons. The first-order chi connectivity index (χ1) is 29.1. The molecule has 6 aliphatic rings. The second-order valence-electron chi connectivity index (χ2n) is 20.8. The molecule has 4 fully saturated rings. The second-order valence-corrected chi connectivity index (χ2v) is 21.9. The Balaban J connectivity index is 0.905. The fraction of sp³-hybridized carbons (Fsp3) is 0.310. The summed E-state index contributed by atoms with van der Waals surface area (Å²) in [5, 5.41) is 2.57. The lowest BCUT2D eigenvalue weighted by molar-refractivity contribution is -0.235. The van der Waals surface area contributed by atoms with E-state index in [1.807, 2.05) is 11.8 Å². The van der Waals surface area contributed by atoms with E-state index < -0.39 is 0 Å². The Labute approximate surface area is 360 Å². The molecule has 2 spiro atoms. The van der Waals surface area contributed by atoms with Gasteiger partial charge in [-0.1, -0.05) is 137 Å². The van der Waals surface area contributed by atoms with Gasteiger partial charge < -0.3 is 4.90 Å². The molecule has 6 unspecified atom stereocenters. The first kappa shape index (κ1) is 35.7. The summed E-state index contributed by atoms with van der Waals surface area (Å²) in [6.45, 7) is 9.72. The number of hydrogen-bond donors (Lipinski definition) is 0. The molecule has 13 rings (SSSR count). The van der Waals surface area contributed by atoms with Crippen molar-refractivity contribution in [3.63, 3.8) is 0 Å². The Morgan fingerprint density at radius 3 is 1.95 bits per heavy atom. The van der Waals surface area contributed by atoms with E-state index in [0.717, 1.165) is 23.7 Å². The van der Waals surface area contributed by atoms with Crippen LogP contribution in [0.4, 0.5) is 17.1 Å². The molecule has 0 amide bonds. The normalized spacial score (nSPS) is 27.9. The fourth-order valence-electron chi connectivity index (χ4n) is 14.5. The third kappa shape index (κ3) is 4.67. The summed E-state index contributed by atoms with van der Waals surface area (Å²) in [4.78, 5) is 5.48. The lowest BCUT2D eigenvalue weighted by Gasteiger charge is -2.78. The van der Waals surface area contributed by atoms with Gasteiger partial charge in [-0.25, -0.2) is 0 Å². The van der Waals surface area contributed by atoms with Gasteiger partial charge in [-0.2, -0.15) is 0 Å². The Morgan fingerprint density at radius 2 is 1.15 bits per heavy atom. The number of anilines is 3. The van der Waals surface area contributed by atoms with Gasteiger partial charge in [0.05, 0.1) is 0 Å². The van der Waals surface area contributed by atoms with Crippen LogP contribution in [0.5, 0.6) is 0 Å². The van der Waals surface area contributed by atoms with Gasteiger partial charge in [-0.05, 0) is 188 Å². The molecule has 1 nitrogen and oxygen atoms in total. The van der Waals surface area contributed by atoms with Gasteiger partial charge in [0.1, 0.15) is 0 Å². The van der Waals surface area contributed by atoms with Crippen molar-refractivity contribution >= 4 is 39.6 Å². The third-order valence-electron chi connectivity index (χ3n) is 17.3. The summed E-state index contributed by atoms with van der Waals surface area (Å²) in [5.74, 6) is 3.55. The average Bonchev–Trinajstić information content (AvgIpc) is 3.81. The van der Waals surface area contributed by atoms with Crippen LogP contribution in [0.1, 0.15) is 88.5 Å². The largest absolute Gasteiger partial charge is 0.310 e. The van der Waals surface area contributed by atoms with Gasteiger partial charge in [0.15, 0.2) is 0 Å². The first-order valence-electron chi connectivity index (χ1n) is 22.7. The molecular formula is C58H53NS. The summed E-state index contributed by atoms with van der Waals surface area (Å²) in [5.41, 5.74) is 16.1. The topological polar surface area (TPSA) is 3.24 Å². The lowest BCUT2D eigenvalue weighted by Crippen LogP contribution is -2.74. The Morgan fingerprint density at radius 1 is 0.500 bits per heavy atom. The summed E-state index contributed by atoms with van der Waals surface area (Å²) in [7, 11) is 0. The van der Waals surface area contributed by atoms with Crippen molar-refractivity contribution in [2.75, 3.05) is 4.90 Å². The van der Waals surface area contributed by atoms with E-state index in [4.69, 9.17) is 0 Å². The predicted molar refractivity (Wildman–Crippen MR) is 251 cm³/mol. The monoisotopic (exact) mass is 795 g/mol. The zero-order chi connectivity index (χ0) is 40.2. The van der Waals surface area contributed by atoms with Crippen LogP contribution in [-0.4, -0.2) is 0 Å². The second kappa shape index (κ2) is 12.3. The number of nitrogens with zero attached hydrogens (tertiary/aromatic N) is 1. The van der Waals surface area contributed by atoms with E-state index in [9.17, 15) is 0 Å². The highest BCUT2D eigenvalue weighted by molar-refractivity contribution is 7.99. The molecule has 2 bridgehead atoms. The number of benzene rings is 7. The Kier molecular flexibility index (Phi) is 7.31. The van der Waals surface area contributed by atoms with E-state index in [2.05, 4.69) is 184 Å². The van der Waals surface area contributed by atoms with E-state index in [1.54, 1.807) is 11.1 Å². The van der Waals surface area contributed by atoms with Gasteiger partial charge >= 0.3 is 0 Å². The molecule has 0 aromatic heterocycles. The lowest BCUT2D eigenvalue weighted by atomic mass is 9.26. The quantitative estimate of drug-likeness (QED) is 0.171. The van der Waals surface area contributed by atoms with Crippen molar-refractivity contribution in [2.24, 2.45) is 29.1 Å². The average molecular weight is 796 g/mol. The van der Waals surface area contributed by atoms with Crippen molar-refractivity contribution < 1.29 is 0 Å². The van der Waals surface area contributed by atoms with Crippen LogP contribution < -0.4 is 4.90 Å². The summed E-state index contributed by atoms with van der Waals surface area (Å²) in [6, 6.07) is 58.4. The van der Waals surface area contributed by atoms with Crippen molar-refractivity contribution in [1.29, 1.82) is 0 Å². The number of rotatable bonds is 5. The van der Waals surface area contributed by atoms with Crippen LogP contribution in [0, 0.1) is 29.1 Å². The van der Waals surface area contributed by atoms with Crippen LogP contribution in [0.3, 0.4) is 0 Å². The minimum atomic E-state index is 0.121. The first-order valence-corrected chi connectivity index (χ1v) is 23.5. The van der Waals surface area contributed by atoms with E-state index in [-0.39, 0.29) is 16.2 Å². The minimum Gasteiger partial charge on any atom is -0.310 e. The molecule has 7 aromatic rings. The maximum atomic E-state index is 2.64. The molecule has 2 heteroatoms. The van der Waals surface area contributed by atoms with Crippen molar-refractivity contribution in [3.8, 4) is 22.3 Å². The molecule has 60 heavy (non-hydrogen) atoms. The highest BCUT2D eigenvalue weighted by atomic mass is 32.2. The van der Waals surface area contributed by atoms with Crippen molar-refractivity contribution in [3.05, 3.63) is 174 Å². The molecule has 6 atom stereocenters. The molecule has 5 aliphatic carbocycles. The zero-order valence-electron chi connectivity index (χ0n) is 35.3. The molecule has 296 valence electrons. The smallest absolute Gasteiger partial charge is 0.0464 e. The molecule has 0 saturated heterocycles. The Bertz CT molecular complexity index is 2900. The molecule has 4 saturated carbocycles. The molecule has 0 N–H and O–H groups in total. The van der Waals surface area contributed by atoms with Crippen molar-refractivity contribution in [1.82, 2.24) is 0 Å². The summed E-state index contributed by atoms with van der Waals surface area (Å²) >= 11 is 2.01. The minimum absolute atomic E-state index is 0.121. The van der Waals surface area contributed by atoms with Crippen LogP contribution >= 0.6 is 11.8 Å². The van der Waals surface area contributed by atoms with Gasteiger partial charge in [0.2, 0.25) is 0 Å². The Hall–Kier alpha value is -5.05. The number of fused-ring (bicyclic) bond motifs is 9. The highest BCUT2D eigenvalue weighted by Gasteiger charge is 2.84. The molecule has 7 aromatic carbocycles. The highest BCUT2D eigenvalue weighted by Crippen LogP contribution is 2.89. The molecular weight excluding hydrogens is 743 g/mol. The predicted octanol–water partition coefficient (Wildman–Crippen LogP) is 15.8. The van der Waals surface area contributed by atoms with Crippen LogP contribution in [0.2, 0.25) is 0 Å². The maximum absolute atomic E-state index is 2.64. The van der Waals surface area contributed by atoms with Crippen LogP contribution in [-0.2, 0) is 16.2 Å². The third-order valence-corrected chi connectivity index (χ3v) is 18.4. The standard InChI is InChI=1S/C58H53NS/c1-55(2)28-29-56(3,4)49-34-44(25-26-47(49)55)59(43-23-18-39(19-24-43)46-13-9-11-38-10-5-6-12-45(38)46)42-21-16-37(17-22-42)40-20-27-52-50(32-40)58(48-14-7-8-15-51(48)60-52)53-31-36-30-41-33-54(58)57(41,53)35-36/h5-27,32,34,36,41,53-54H,28-31,33,35H2,1-4H3. The van der Waals surface area contributed by atoms with E-state index in [1.165, 1.54) is 110 Å². The summed E-state index contributed by atoms with van der Waals surface area (Å²) in [6.07, 6.45) is 8.28. The SMILES string of the molecule is CC1(C)CCC(C)(C)c2cc(N(c3ccc(-c4ccc5c(c4)C4(c6ccccc6S5)C5CC6CC7CC4C75C6)cc3)c3ccc(-c4cccc5ccccc45)cc3)ccc21. The number of hydrogen-bond acceptors (Lipinski definition) is 2. The van der Waals surface area contributed by atoms with Gasteiger partial charge in [0, 0.05) is 32.3 Å². The maximum Gasteiger partial charge on any atom is 0.0464 e. The summed E-state index contributed by atoms with van der Waals surface area (Å²) < 4.78 is 0. The van der Waals surface area contributed by atoms with E-state index in [0.29, 0.717) is 5.41 Å².